The van der Waals surface area contributed by atoms with E-state index in [1.54, 1.807) is 0 Å². The Labute approximate surface area is 39.9 Å². The number of nitrogens with two attached hydrogens (primary N) is 2. The van der Waals surface area contributed by atoms with Crippen molar-refractivity contribution in [1.82, 2.24) is 0 Å². The van der Waals surface area contributed by atoms with Crippen LogP contribution in [0.25, 0.3) is 0 Å². The lowest BCUT2D eigenvalue weighted by atomic mass is 11.1. The molecule has 0 aromatic rings. The Kier molecular flexibility index (Phi) is 2.42. The Morgan fingerprint density at radius 3 is 2.43 bits per heavy atom. The summed E-state index contributed by atoms with van der Waals surface area (Å²) in [6.07, 6.45) is 0. The van der Waals surface area contributed by atoms with Gasteiger partial charge in [-0.25, -0.2) is 0 Å². The molecule has 0 heterocycles. The van der Waals surface area contributed by atoms with Crippen molar-refractivity contribution in [2.45, 2.75) is 0 Å². The number of hydrogen-bond acceptors (Lipinski definition) is 3. The highest BCUT2D eigenvalue weighted by Gasteiger charge is 1.73. The molecule has 0 atom stereocenters. The molecule has 0 spiro atoms. The van der Waals surface area contributed by atoms with Gasteiger partial charge in [0.25, 0.3) is 0 Å². The average molecular weight is 103 g/mol. The van der Waals surface area contributed by atoms with Crippen LogP contribution in [-0.4, -0.2) is 12.4 Å². The van der Waals surface area contributed by atoms with Gasteiger partial charge in [0, 0.05) is 0 Å². The Hall–Kier alpha value is -1.26. The van der Waals surface area contributed by atoms with Crippen molar-refractivity contribution >= 4 is 12.4 Å². The van der Waals surface area contributed by atoms with Gasteiger partial charge in [0.05, 0.1) is 0 Å². The van der Waals surface area contributed by atoms with Crippen LogP contribution in [0.4, 0.5) is 0 Å². The first-order valence-corrected chi connectivity index (χ1v) is 1.45. The molecule has 0 bridgehead atoms. The quantitative estimate of drug-likeness (QED) is 0.144. The van der Waals surface area contributed by atoms with Crippen LogP contribution < -0.4 is 11.5 Å². The normalized spacial score (nSPS) is 6.86. The van der Waals surface area contributed by atoms with E-state index >= 15 is 0 Å². The van der Waals surface area contributed by atoms with Crippen molar-refractivity contribution in [1.29, 1.82) is 0 Å². The number of rotatable bonds is 2. The first kappa shape index (κ1) is 5.74. The van der Waals surface area contributed by atoms with Crippen molar-refractivity contribution < 1.29 is 9.63 Å². The zero-order valence-corrected chi connectivity index (χ0v) is 3.50. The molecule has 0 unspecified atom stereocenters. The highest BCUT2D eigenvalue weighted by molar-refractivity contribution is 5.75. The summed E-state index contributed by atoms with van der Waals surface area (Å²) in [4.78, 5) is 13.0. The molecule has 0 saturated heterocycles. The Morgan fingerprint density at radius 2 is 2.29 bits per heavy atom. The minimum Gasteiger partial charge on any atom is -0.367 e. The van der Waals surface area contributed by atoms with Gasteiger partial charge in [0.1, 0.15) is 0 Å². The summed E-state index contributed by atoms with van der Waals surface area (Å²) in [5.74, 6) is -0.271. The fourth-order valence-electron chi connectivity index (χ4n) is 0.0824. The monoisotopic (exact) mass is 103 g/mol. The molecule has 0 aliphatic rings. The first-order valence-electron chi connectivity index (χ1n) is 1.45. The van der Waals surface area contributed by atoms with Crippen molar-refractivity contribution in [2.24, 2.45) is 16.6 Å². The van der Waals surface area contributed by atoms with Crippen LogP contribution in [0.3, 0.4) is 0 Å². The van der Waals surface area contributed by atoms with Crippen molar-refractivity contribution in [2.75, 3.05) is 0 Å². The second-order valence-corrected chi connectivity index (χ2v) is 0.718. The predicted molar refractivity (Wildman–Crippen MR) is 23.0 cm³/mol. The molecule has 40 valence electrons. The molecular weight excluding hydrogens is 98.0 g/mol. The highest BCUT2D eigenvalue weighted by atomic mass is 16.7. The van der Waals surface area contributed by atoms with E-state index in [2.05, 4.69) is 9.99 Å². The maximum absolute atomic E-state index is 9.27. The van der Waals surface area contributed by atoms with E-state index in [-0.39, 0.29) is 12.4 Å². The molecule has 0 aromatic carbocycles. The van der Waals surface area contributed by atoms with Crippen LogP contribution in [0.5, 0.6) is 0 Å². The molecule has 0 aliphatic carbocycles. The van der Waals surface area contributed by atoms with Crippen molar-refractivity contribution in [3.8, 4) is 0 Å². The van der Waals surface area contributed by atoms with Crippen LogP contribution in [0.15, 0.2) is 5.16 Å². The van der Waals surface area contributed by atoms with Gasteiger partial charge in [0.15, 0.2) is 0 Å². The van der Waals surface area contributed by atoms with Crippen LogP contribution >= 0.6 is 0 Å². The molecule has 0 amide bonds. The van der Waals surface area contributed by atoms with E-state index in [0.29, 0.717) is 0 Å². The number of hydrogen-bond donors (Lipinski definition) is 2. The summed E-state index contributed by atoms with van der Waals surface area (Å²) in [6.45, 7) is 0.125. The van der Waals surface area contributed by atoms with Gasteiger partial charge in [-0.3, -0.25) is 4.79 Å². The van der Waals surface area contributed by atoms with Gasteiger partial charge < -0.3 is 16.3 Å². The second-order valence-electron chi connectivity index (χ2n) is 0.718. The number of guanidine groups is 1. The molecule has 5 nitrogen and oxygen atoms in total. The summed E-state index contributed by atoms with van der Waals surface area (Å²) in [7, 11) is 0. The first-order chi connectivity index (χ1) is 3.27. The van der Waals surface area contributed by atoms with Gasteiger partial charge in [-0.05, 0) is 5.16 Å². The molecule has 4 N–H and O–H groups in total. The summed E-state index contributed by atoms with van der Waals surface area (Å²) in [5, 5.41) is 2.85. The molecule has 0 rings (SSSR count). The Bertz CT molecular complexity index is 84.9. The fraction of sp³-hybridized carbons (Fsp3) is 0. The summed E-state index contributed by atoms with van der Waals surface area (Å²) >= 11 is 0. The molecule has 0 radical (unpaired) electrons. The average Bonchev–Trinajstić information content (AvgIpc) is 1.61. The Balaban J connectivity index is 3.25. The minimum absolute atomic E-state index is 0.125. The molecule has 0 aliphatic heterocycles. The molecule has 5 heteroatoms. The largest absolute Gasteiger partial charge is 0.367 e. The zero-order valence-electron chi connectivity index (χ0n) is 3.50. The summed E-state index contributed by atoms with van der Waals surface area (Å²) < 4.78 is 0. The number of nitrogens with zero attached hydrogens (tertiary/aromatic N) is 1. The Morgan fingerprint density at radius 1 is 1.71 bits per heavy atom. The molecule has 0 aromatic heterocycles. The summed E-state index contributed by atoms with van der Waals surface area (Å²) in [5.41, 5.74) is 9.44. The van der Waals surface area contributed by atoms with Gasteiger partial charge >= 0.3 is 6.47 Å². The molecule has 0 fully saturated rings. The van der Waals surface area contributed by atoms with E-state index in [9.17, 15) is 4.79 Å². The van der Waals surface area contributed by atoms with E-state index in [1.165, 1.54) is 0 Å². The van der Waals surface area contributed by atoms with Gasteiger partial charge in [-0.15, -0.1) is 0 Å². The zero-order chi connectivity index (χ0) is 5.70. The third-order valence-electron chi connectivity index (χ3n) is 0.201. The third-order valence-corrected chi connectivity index (χ3v) is 0.201. The van der Waals surface area contributed by atoms with Crippen molar-refractivity contribution in [3.05, 3.63) is 0 Å². The van der Waals surface area contributed by atoms with Gasteiger partial charge in [-0.1, -0.05) is 0 Å². The van der Waals surface area contributed by atoms with Crippen molar-refractivity contribution in [3.63, 3.8) is 0 Å². The van der Waals surface area contributed by atoms with Crippen LogP contribution in [0.1, 0.15) is 0 Å². The van der Waals surface area contributed by atoms with Gasteiger partial charge in [0.2, 0.25) is 5.96 Å². The number of carbonyl (C=O) groups is 1. The van der Waals surface area contributed by atoms with E-state index < -0.39 is 0 Å². The lowest BCUT2D eigenvalue weighted by Crippen LogP contribution is -2.22. The third kappa shape index (κ3) is 4.74. The fourth-order valence-corrected chi connectivity index (χ4v) is 0.0824. The summed E-state index contributed by atoms with van der Waals surface area (Å²) in [6, 6.07) is 0. The van der Waals surface area contributed by atoms with Crippen LogP contribution in [0, 0.1) is 0 Å². The maximum Gasteiger partial charge on any atom is 0.323 e. The van der Waals surface area contributed by atoms with Gasteiger partial charge in [-0.2, -0.15) is 0 Å². The smallest absolute Gasteiger partial charge is 0.323 e. The van der Waals surface area contributed by atoms with E-state index in [4.69, 9.17) is 11.5 Å². The maximum atomic E-state index is 9.27. The van der Waals surface area contributed by atoms with Crippen LogP contribution in [0.2, 0.25) is 0 Å². The standard InChI is InChI=1S/C2H5N3O2/c3-2(4)5-7-1-6/h1H,(H4,3,4,5). The molecule has 0 saturated carbocycles. The highest BCUT2D eigenvalue weighted by Crippen LogP contribution is 1.60. The molecule has 7 heavy (non-hydrogen) atoms. The minimum atomic E-state index is -0.271. The lowest BCUT2D eigenvalue weighted by molar-refractivity contribution is -0.128. The second kappa shape index (κ2) is 2.95. The topological polar surface area (TPSA) is 90.7 Å². The number of oxime groups is 1. The van der Waals surface area contributed by atoms with Crippen LogP contribution in [-0.2, 0) is 9.63 Å². The SMILES string of the molecule is NC(N)=NOC=O. The van der Waals surface area contributed by atoms with E-state index in [0.717, 1.165) is 0 Å². The van der Waals surface area contributed by atoms with E-state index in [1.807, 2.05) is 0 Å². The molecular formula is C2H5N3O2. The predicted octanol–water partition coefficient (Wildman–Crippen LogP) is -1.65. The number of carbonyl (C=O) groups excluding carboxylic acids is 1. The lowest BCUT2D eigenvalue weighted by Gasteiger charge is -1.82.